The number of aryl methyl sites for hydroxylation is 1. The van der Waals surface area contributed by atoms with E-state index in [0.717, 1.165) is 35.6 Å². The highest BCUT2D eigenvalue weighted by Gasteiger charge is 2.16. The van der Waals surface area contributed by atoms with Crippen molar-refractivity contribution >= 4 is 16.6 Å². The van der Waals surface area contributed by atoms with E-state index in [4.69, 9.17) is 9.72 Å². The molecule has 3 aromatic rings. The van der Waals surface area contributed by atoms with Crippen LogP contribution in [0.2, 0.25) is 0 Å². The van der Waals surface area contributed by atoms with Crippen molar-refractivity contribution < 1.29 is 4.74 Å². The van der Waals surface area contributed by atoms with Crippen LogP contribution in [0, 0.1) is 6.92 Å². The van der Waals surface area contributed by atoms with Crippen LogP contribution in [0.25, 0.3) is 10.9 Å². The van der Waals surface area contributed by atoms with Gasteiger partial charge >= 0.3 is 0 Å². The lowest BCUT2D eigenvalue weighted by Gasteiger charge is -2.20. The van der Waals surface area contributed by atoms with Gasteiger partial charge in [-0.1, -0.05) is 6.07 Å². The topological polar surface area (TPSA) is 38.2 Å². The second kappa shape index (κ2) is 6.48. The third-order valence-electron chi connectivity index (χ3n) is 4.46. The number of nitrogens with zero attached hydrogens (tertiary/aromatic N) is 3. The second-order valence-electron chi connectivity index (χ2n) is 6.31. The number of anilines is 1. The van der Waals surface area contributed by atoms with Crippen molar-refractivity contribution in [3.05, 3.63) is 60.0 Å². The highest BCUT2D eigenvalue weighted by Crippen LogP contribution is 2.31. The number of pyridine rings is 2. The Hall–Kier alpha value is -2.62. The number of hydrogen-bond donors (Lipinski definition) is 0. The van der Waals surface area contributed by atoms with E-state index in [1.165, 1.54) is 23.9 Å². The molecule has 4 nitrogen and oxygen atoms in total. The van der Waals surface area contributed by atoms with Gasteiger partial charge < -0.3 is 9.64 Å². The van der Waals surface area contributed by atoms with Gasteiger partial charge in [-0.3, -0.25) is 9.97 Å². The van der Waals surface area contributed by atoms with Crippen LogP contribution in [0.5, 0.6) is 5.75 Å². The van der Waals surface area contributed by atoms with E-state index in [1.54, 1.807) is 6.20 Å². The van der Waals surface area contributed by atoms with Gasteiger partial charge in [-0.15, -0.1) is 0 Å². The van der Waals surface area contributed by atoms with Crippen LogP contribution in [-0.2, 0) is 6.61 Å². The zero-order valence-corrected chi connectivity index (χ0v) is 13.9. The molecule has 0 atom stereocenters. The summed E-state index contributed by atoms with van der Waals surface area (Å²) in [5, 5.41) is 1.20. The van der Waals surface area contributed by atoms with Crippen LogP contribution >= 0.6 is 0 Å². The van der Waals surface area contributed by atoms with Crippen LogP contribution in [0.15, 0.2) is 48.8 Å². The van der Waals surface area contributed by atoms with Gasteiger partial charge in [-0.05, 0) is 44.0 Å². The molecule has 1 aliphatic heterocycles. The van der Waals surface area contributed by atoms with Crippen molar-refractivity contribution in [2.24, 2.45) is 0 Å². The smallest absolute Gasteiger partial charge is 0.122 e. The van der Waals surface area contributed by atoms with Crippen molar-refractivity contribution in [3.63, 3.8) is 0 Å². The highest BCUT2D eigenvalue weighted by atomic mass is 16.5. The zero-order chi connectivity index (χ0) is 16.4. The van der Waals surface area contributed by atoms with Gasteiger partial charge in [0.1, 0.15) is 12.4 Å². The quantitative estimate of drug-likeness (QED) is 0.725. The Labute approximate surface area is 142 Å². The lowest BCUT2D eigenvalue weighted by molar-refractivity contribution is 0.306. The van der Waals surface area contributed by atoms with Crippen LogP contribution in [0.1, 0.15) is 24.1 Å². The lowest BCUT2D eigenvalue weighted by Crippen LogP contribution is -2.18. The summed E-state index contributed by atoms with van der Waals surface area (Å²) in [5.41, 5.74) is 4.41. The number of hydrogen-bond acceptors (Lipinski definition) is 4. The SMILES string of the molecule is Cc1cc(N2CCCC2)c2ccc(OCc3cccnc3)cc2n1. The Kier molecular flexibility index (Phi) is 4.03. The summed E-state index contributed by atoms with van der Waals surface area (Å²) < 4.78 is 5.91. The Bertz CT molecular complexity index is 842. The lowest BCUT2D eigenvalue weighted by atomic mass is 10.1. The summed E-state index contributed by atoms with van der Waals surface area (Å²) >= 11 is 0. The molecule has 4 heteroatoms. The Balaban J connectivity index is 1.63. The molecule has 122 valence electrons. The molecular weight excluding hydrogens is 298 g/mol. The molecule has 0 aliphatic carbocycles. The van der Waals surface area contributed by atoms with E-state index in [-0.39, 0.29) is 0 Å². The maximum atomic E-state index is 5.91. The zero-order valence-electron chi connectivity index (χ0n) is 13.9. The standard InChI is InChI=1S/C20H21N3O/c1-15-11-20(23-9-2-3-10-23)18-7-6-17(12-19(18)22-15)24-14-16-5-4-8-21-13-16/h4-8,11-13H,2-3,9-10,14H2,1H3. The summed E-state index contributed by atoms with van der Waals surface area (Å²) in [7, 11) is 0. The predicted octanol–water partition coefficient (Wildman–Crippen LogP) is 4.12. The van der Waals surface area contributed by atoms with Gasteiger partial charge in [-0.25, -0.2) is 0 Å². The monoisotopic (exact) mass is 319 g/mol. The first kappa shape index (κ1) is 14.9. The molecule has 4 rings (SSSR count). The van der Waals surface area contributed by atoms with E-state index >= 15 is 0 Å². The van der Waals surface area contributed by atoms with Crippen LogP contribution in [0.4, 0.5) is 5.69 Å². The van der Waals surface area contributed by atoms with Crippen LogP contribution in [0.3, 0.4) is 0 Å². The molecule has 1 fully saturated rings. The van der Waals surface area contributed by atoms with E-state index in [2.05, 4.69) is 28.9 Å². The predicted molar refractivity (Wildman–Crippen MR) is 96.5 cm³/mol. The van der Waals surface area contributed by atoms with Gasteiger partial charge in [0, 0.05) is 53.9 Å². The molecule has 1 saturated heterocycles. The third kappa shape index (κ3) is 3.04. The average molecular weight is 319 g/mol. The molecule has 2 aromatic heterocycles. The van der Waals surface area contributed by atoms with Gasteiger partial charge in [0.05, 0.1) is 5.52 Å². The molecule has 0 unspecified atom stereocenters. The molecule has 0 amide bonds. The van der Waals surface area contributed by atoms with Crippen molar-refractivity contribution in [2.45, 2.75) is 26.4 Å². The largest absolute Gasteiger partial charge is 0.489 e. The molecule has 0 N–H and O–H groups in total. The summed E-state index contributed by atoms with van der Waals surface area (Å²) in [6.07, 6.45) is 6.14. The molecule has 0 radical (unpaired) electrons. The van der Waals surface area contributed by atoms with Crippen LogP contribution < -0.4 is 9.64 Å². The Morgan fingerprint density at radius 3 is 2.79 bits per heavy atom. The molecule has 1 aliphatic rings. The third-order valence-corrected chi connectivity index (χ3v) is 4.46. The number of ether oxygens (including phenoxy) is 1. The van der Waals surface area contributed by atoms with Crippen LogP contribution in [-0.4, -0.2) is 23.1 Å². The van der Waals surface area contributed by atoms with Crippen molar-refractivity contribution in [3.8, 4) is 5.75 Å². The number of benzene rings is 1. The van der Waals surface area contributed by atoms with E-state index in [0.29, 0.717) is 6.61 Å². The minimum atomic E-state index is 0.518. The average Bonchev–Trinajstić information content (AvgIpc) is 3.14. The number of aromatic nitrogens is 2. The number of rotatable bonds is 4. The van der Waals surface area contributed by atoms with Crippen molar-refractivity contribution in [1.29, 1.82) is 0 Å². The summed E-state index contributed by atoms with van der Waals surface area (Å²) in [6.45, 7) is 4.85. The summed E-state index contributed by atoms with van der Waals surface area (Å²) in [5.74, 6) is 0.844. The Morgan fingerprint density at radius 1 is 1.12 bits per heavy atom. The summed E-state index contributed by atoms with van der Waals surface area (Å²) in [4.78, 5) is 11.3. The molecule has 0 bridgehead atoms. The second-order valence-corrected chi connectivity index (χ2v) is 6.31. The normalized spacial score (nSPS) is 14.3. The molecular formula is C20H21N3O. The first-order chi connectivity index (χ1) is 11.8. The first-order valence-corrected chi connectivity index (χ1v) is 8.48. The van der Waals surface area contributed by atoms with E-state index in [1.807, 2.05) is 30.5 Å². The van der Waals surface area contributed by atoms with Gasteiger partial charge in [0.2, 0.25) is 0 Å². The molecule has 0 spiro atoms. The molecule has 1 aromatic carbocycles. The first-order valence-electron chi connectivity index (χ1n) is 8.48. The Morgan fingerprint density at radius 2 is 2.00 bits per heavy atom. The van der Waals surface area contributed by atoms with E-state index < -0.39 is 0 Å². The van der Waals surface area contributed by atoms with Gasteiger partial charge in [0.15, 0.2) is 0 Å². The minimum absolute atomic E-state index is 0.518. The fourth-order valence-electron chi connectivity index (χ4n) is 3.28. The van der Waals surface area contributed by atoms with E-state index in [9.17, 15) is 0 Å². The van der Waals surface area contributed by atoms with Crippen molar-refractivity contribution in [2.75, 3.05) is 18.0 Å². The minimum Gasteiger partial charge on any atom is -0.489 e. The number of fused-ring (bicyclic) bond motifs is 1. The molecule has 3 heterocycles. The van der Waals surface area contributed by atoms with Gasteiger partial charge in [0.25, 0.3) is 0 Å². The van der Waals surface area contributed by atoms with Crippen molar-refractivity contribution in [1.82, 2.24) is 9.97 Å². The maximum Gasteiger partial charge on any atom is 0.122 e. The fourth-order valence-corrected chi connectivity index (χ4v) is 3.28. The highest BCUT2D eigenvalue weighted by molar-refractivity contribution is 5.93. The molecule has 24 heavy (non-hydrogen) atoms. The summed E-state index contributed by atoms with van der Waals surface area (Å²) in [6, 6.07) is 12.3. The van der Waals surface area contributed by atoms with Gasteiger partial charge in [-0.2, -0.15) is 0 Å². The molecule has 0 saturated carbocycles. The maximum absolute atomic E-state index is 5.91. The fraction of sp³-hybridized carbons (Fsp3) is 0.300.